The summed E-state index contributed by atoms with van der Waals surface area (Å²) >= 11 is 0. The lowest BCUT2D eigenvalue weighted by molar-refractivity contribution is -0.0645. The van der Waals surface area contributed by atoms with E-state index in [-0.39, 0.29) is 20.4 Å². The van der Waals surface area contributed by atoms with Crippen LogP contribution < -0.4 is 0 Å². The Hall–Kier alpha value is 0.150. The third-order valence-corrected chi connectivity index (χ3v) is 2.30. The molecule has 0 aromatic heterocycles. The van der Waals surface area contributed by atoms with Crippen LogP contribution in [0.15, 0.2) is 0 Å². The summed E-state index contributed by atoms with van der Waals surface area (Å²) in [6.07, 6.45) is 0. The van der Waals surface area contributed by atoms with Gasteiger partial charge in [0.25, 0.3) is 0 Å². The Morgan fingerprint density at radius 1 is 0.786 bits per heavy atom. The van der Waals surface area contributed by atoms with E-state index >= 15 is 0 Å². The molecule has 86 valence electrons. The normalized spacial score (nSPS) is 12.0. The maximum atomic E-state index is 9.61. The van der Waals surface area contributed by atoms with Crippen LogP contribution in [0.4, 0.5) is 0 Å². The Labute approximate surface area is 83.5 Å². The summed E-state index contributed by atoms with van der Waals surface area (Å²) in [5.74, 6) is 0. The Kier molecular flexibility index (Phi) is 8.55. The van der Waals surface area contributed by atoms with Crippen molar-refractivity contribution < 1.29 is 32.7 Å². The summed E-state index contributed by atoms with van der Waals surface area (Å²) in [6.45, 7) is -0.423. The molecule has 0 fully saturated rings. The van der Waals surface area contributed by atoms with E-state index in [9.17, 15) is 4.89 Å². The molecule has 0 amide bonds. The molecule has 0 aliphatic rings. The third kappa shape index (κ3) is 6.58. The average molecular weight is 231 g/mol. The van der Waals surface area contributed by atoms with Crippen molar-refractivity contribution in [1.82, 2.24) is 0 Å². The van der Waals surface area contributed by atoms with E-state index in [2.05, 4.69) is 14.2 Å². The first kappa shape index (κ1) is 14.2. The zero-order valence-corrected chi connectivity index (χ0v) is 9.36. The molecule has 0 bridgehead atoms. The lowest BCUT2D eigenvalue weighted by Crippen LogP contribution is -2.11. The van der Waals surface area contributed by atoms with Gasteiger partial charge in [-0.05, 0) is 0 Å². The zero-order valence-electron chi connectivity index (χ0n) is 8.47. The van der Waals surface area contributed by atoms with Gasteiger partial charge in [0.15, 0.2) is 20.4 Å². The van der Waals surface area contributed by atoms with E-state index in [1.54, 1.807) is 0 Å². The van der Waals surface area contributed by atoms with E-state index in [1.807, 2.05) is 0 Å². The van der Waals surface area contributed by atoms with Crippen molar-refractivity contribution in [2.24, 2.45) is 0 Å². The van der Waals surface area contributed by atoms with Gasteiger partial charge in [0.2, 0.25) is 0 Å². The van der Waals surface area contributed by atoms with Gasteiger partial charge in [-0.15, -0.1) is 13.6 Å². The van der Waals surface area contributed by atoms with Crippen molar-refractivity contribution >= 4 is 8.17 Å². The van der Waals surface area contributed by atoms with Crippen molar-refractivity contribution in [2.45, 2.75) is 0 Å². The minimum absolute atomic E-state index is 0.141. The van der Waals surface area contributed by atoms with Gasteiger partial charge in [-0.1, -0.05) is 0 Å². The van der Waals surface area contributed by atoms with Gasteiger partial charge >= 0.3 is 8.17 Å². The number of hydrogen-bond acceptors (Lipinski definition) is 7. The highest BCUT2D eigenvalue weighted by Crippen LogP contribution is 2.57. The second-order valence-electron chi connectivity index (χ2n) is 2.08. The second-order valence-corrected chi connectivity index (χ2v) is 3.79. The molecular weight excluding hydrogens is 215 g/mol. The Balaban J connectivity index is 3.89. The first-order valence-corrected chi connectivity index (χ1v) is 5.20. The molecule has 0 atom stereocenters. The first-order valence-electron chi connectivity index (χ1n) is 3.70. The Morgan fingerprint density at radius 3 is 1.29 bits per heavy atom. The summed E-state index contributed by atoms with van der Waals surface area (Å²) in [5.41, 5.74) is 0. The SMILES string of the molecule is COCO[P+](O)(OCOC)OCOC. The van der Waals surface area contributed by atoms with Gasteiger partial charge < -0.3 is 14.2 Å². The van der Waals surface area contributed by atoms with Gasteiger partial charge in [0.05, 0.1) is 0 Å². The van der Waals surface area contributed by atoms with Crippen LogP contribution in [-0.2, 0) is 27.8 Å². The summed E-state index contributed by atoms with van der Waals surface area (Å²) in [4.78, 5) is 9.61. The van der Waals surface area contributed by atoms with Crippen molar-refractivity contribution in [3.63, 3.8) is 0 Å². The smallest absolute Gasteiger partial charge is 0.354 e. The zero-order chi connectivity index (χ0) is 10.9. The fraction of sp³-hybridized carbons (Fsp3) is 1.00. The number of ether oxygens (including phenoxy) is 3. The molecule has 0 radical (unpaired) electrons. The van der Waals surface area contributed by atoms with Crippen LogP contribution in [0.25, 0.3) is 0 Å². The fourth-order valence-corrected chi connectivity index (χ4v) is 1.41. The monoisotopic (exact) mass is 231 g/mol. The molecule has 7 nitrogen and oxygen atoms in total. The van der Waals surface area contributed by atoms with Gasteiger partial charge in [-0.2, -0.15) is 4.89 Å². The highest BCUT2D eigenvalue weighted by Gasteiger charge is 2.45. The molecule has 0 aromatic rings. The highest BCUT2D eigenvalue weighted by atomic mass is 31.2. The molecule has 14 heavy (non-hydrogen) atoms. The number of methoxy groups -OCH3 is 3. The summed E-state index contributed by atoms with van der Waals surface area (Å²) < 4.78 is 28.3. The topological polar surface area (TPSA) is 75.6 Å². The molecule has 0 heterocycles. The van der Waals surface area contributed by atoms with Crippen LogP contribution in [0, 0.1) is 0 Å². The first-order chi connectivity index (χ1) is 6.68. The van der Waals surface area contributed by atoms with Gasteiger partial charge in [0.1, 0.15) is 0 Å². The predicted octanol–water partition coefficient (Wildman–Crippen LogP) is 0.518. The van der Waals surface area contributed by atoms with Gasteiger partial charge in [-0.3, -0.25) is 0 Å². The molecule has 0 saturated carbocycles. The fourth-order valence-electron chi connectivity index (χ4n) is 0.470. The maximum absolute atomic E-state index is 9.61. The van der Waals surface area contributed by atoms with Crippen molar-refractivity contribution in [2.75, 3.05) is 41.7 Å². The standard InChI is InChI=1S/C6H16O7P/c1-8-4-11-14(7,12-5-9-2)13-6-10-3/h7H,4-6H2,1-3H3/q+1. The summed E-state index contributed by atoms with van der Waals surface area (Å²) in [5, 5.41) is 0. The van der Waals surface area contributed by atoms with E-state index in [0.717, 1.165) is 0 Å². The number of hydrogen-bond donors (Lipinski definition) is 1. The van der Waals surface area contributed by atoms with E-state index in [0.29, 0.717) is 0 Å². The van der Waals surface area contributed by atoms with Crippen LogP contribution in [0.1, 0.15) is 0 Å². The van der Waals surface area contributed by atoms with Crippen LogP contribution in [0.3, 0.4) is 0 Å². The quantitative estimate of drug-likeness (QED) is 0.457. The van der Waals surface area contributed by atoms with E-state index in [4.69, 9.17) is 13.6 Å². The summed E-state index contributed by atoms with van der Waals surface area (Å²) in [7, 11) is 0.847. The minimum atomic E-state index is -3.39. The second kappa shape index (κ2) is 8.46. The van der Waals surface area contributed by atoms with E-state index in [1.165, 1.54) is 21.3 Å². The van der Waals surface area contributed by atoms with E-state index < -0.39 is 8.17 Å². The number of rotatable bonds is 9. The molecule has 1 N–H and O–H groups in total. The lowest BCUT2D eigenvalue weighted by Gasteiger charge is -2.13. The molecule has 0 aliphatic heterocycles. The van der Waals surface area contributed by atoms with Crippen molar-refractivity contribution in [3.05, 3.63) is 0 Å². The summed E-state index contributed by atoms with van der Waals surface area (Å²) in [6, 6.07) is 0. The van der Waals surface area contributed by atoms with Crippen LogP contribution in [0.5, 0.6) is 0 Å². The molecule has 0 unspecified atom stereocenters. The Morgan fingerprint density at radius 2 is 1.07 bits per heavy atom. The highest BCUT2D eigenvalue weighted by molar-refractivity contribution is 7.55. The molecular formula is C6H16O7P+. The molecule has 0 saturated heterocycles. The van der Waals surface area contributed by atoms with Gasteiger partial charge in [0, 0.05) is 21.3 Å². The molecule has 0 rings (SSSR count). The van der Waals surface area contributed by atoms with Crippen LogP contribution in [-0.4, -0.2) is 46.6 Å². The van der Waals surface area contributed by atoms with Crippen molar-refractivity contribution in [1.29, 1.82) is 0 Å². The van der Waals surface area contributed by atoms with Crippen LogP contribution >= 0.6 is 8.17 Å². The van der Waals surface area contributed by atoms with Crippen LogP contribution in [0.2, 0.25) is 0 Å². The minimum Gasteiger partial charge on any atom is -0.354 e. The molecule has 8 heteroatoms. The van der Waals surface area contributed by atoms with Gasteiger partial charge in [-0.25, -0.2) is 0 Å². The Bertz CT molecular complexity index is 112. The largest absolute Gasteiger partial charge is 0.579 e. The maximum Gasteiger partial charge on any atom is 0.579 e. The third-order valence-electron chi connectivity index (χ3n) is 1.00. The molecule has 0 spiro atoms. The molecule has 0 aromatic carbocycles. The lowest BCUT2D eigenvalue weighted by atomic mass is 11.4. The average Bonchev–Trinajstić information content (AvgIpc) is 2.21. The predicted molar refractivity (Wildman–Crippen MR) is 48.0 cm³/mol. The van der Waals surface area contributed by atoms with Crippen molar-refractivity contribution in [3.8, 4) is 0 Å². The molecule has 0 aliphatic carbocycles.